The number of hydrogen-bond acceptors (Lipinski definition) is 3. The second-order valence-electron chi connectivity index (χ2n) is 5.98. The number of fused-ring (bicyclic) bond motifs is 1. The van der Waals surface area contributed by atoms with Crippen molar-refractivity contribution < 1.29 is 4.79 Å². The number of carbonyl (C=O) groups is 1. The van der Waals surface area contributed by atoms with Gasteiger partial charge in [0, 0.05) is 22.8 Å². The van der Waals surface area contributed by atoms with E-state index in [1.807, 2.05) is 41.9 Å². The van der Waals surface area contributed by atoms with Crippen LogP contribution in [0.5, 0.6) is 0 Å². The van der Waals surface area contributed by atoms with Crippen LogP contribution in [0, 0.1) is 6.92 Å². The van der Waals surface area contributed by atoms with Gasteiger partial charge >= 0.3 is 0 Å². The van der Waals surface area contributed by atoms with Crippen LogP contribution in [-0.4, -0.2) is 15.7 Å². The Hall–Kier alpha value is -1.85. The summed E-state index contributed by atoms with van der Waals surface area (Å²) < 4.78 is 3.15. The molecule has 0 aliphatic heterocycles. The first-order valence-corrected chi connectivity index (χ1v) is 9.56. The Morgan fingerprint density at radius 1 is 1.21 bits per heavy atom. The van der Waals surface area contributed by atoms with Crippen molar-refractivity contribution in [3.05, 3.63) is 58.4 Å². The van der Waals surface area contributed by atoms with E-state index in [0.717, 1.165) is 19.9 Å². The number of nitrogens with zero attached hydrogens (tertiary/aromatic N) is 2. The molecule has 0 bridgehead atoms. The molecule has 0 aliphatic carbocycles. The van der Waals surface area contributed by atoms with E-state index in [1.54, 1.807) is 23.1 Å². The molecule has 0 fully saturated rings. The molecule has 0 unspecified atom stereocenters. The van der Waals surface area contributed by atoms with Crippen LogP contribution < -0.4 is 4.80 Å². The fourth-order valence-corrected chi connectivity index (χ4v) is 4.62. The lowest BCUT2D eigenvalue weighted by Gasteiger charge is -2.05. The largest absolute Gasteiger partial charge is 0.319 e. The smallest absolute Gasteiger partial charge is 0.279 e. The standard InChI is InChI=1S/C19H20N2OS2/c1-12(2)23-15-9-6-8-14(11-15)18(22)20-19-21(4)17-13(3)7-5-10-16(17)24-19/h5-12H,1-4H3. The Kier molecular flexibility index (Phi) is 4.92. The Bertz CT molecular complexity index is 967. The minimum atomic E-state index is -0.194. The van der Waals surface area contributed by atoms with Crippen LogP contribution >= 0.6 is 23.1 Å². The topological polar surface area (TPSA) is 34.4 Å². The zero-order valence-corrected chi connectivity index (χ0v) is 15.9. The summed E-state index contributed by atoms with van der Waals surface area (Å²) in [5.41, 5.74) is 2.96. The van der Waals surface area contributed by atoms with E-state index in [2.05, 4.69) is 37.9 Å². The van der Waals surface area contributed by atoms with Gasteiger partial charge in [0.25, 0.3) is 5.91 Å². The van der Waals surface area contributed by atoms with E-state index in [0.29, 0.717) is 10.8 Å². The van der Waals surface area contributed by atoms with Crippen molar-refractivity contribution in [1.82, 2.24) is 4.57 Å². The normalized spacial score (nSPS) is 12.3. The van der Waals surface area contributed by atoms with Gasteiger partial charge in [0.1, 0.15) is 0 Å². The molecule has 0 spiro atoms. The van der Waals surface area contributed by atoms with Crippen molar-refractivity contribution >= 4 is 39.2 Å². The fourth-order valence-electron chi connectivity index (χ4n) is 2.63. The van der Waals surface area contributed by atoms with E-state index in [4.69, 9.17) is 0 Å². The SMILES string of the molecule is Cc1cccc2sc(=NC(=O)c3cccc(SC(C)C)c3)n(C)c12. The highest BCUT2D eigenvalue weighted by atomic mass is 32.2. The number of benzene rings is 2. The number of rotatable bonds is 3. The van der Waals surface area contributed by atoms with Crippen LogP contribution in [-0.2, 0) is 7.05 Å². The van der Waals surface area contributed by atoms with E-state index < -0.39 is 0 Å². The number of amides is 1. The Labute approximate surface area is 150 Å². The first-order chi connectivity index (χ1) is 11.5. The Balaban J connectivity index is 2.01. The van der Waals surface area contributed by atoms with Crippen LogP contribution in [0.1, 0.15) is 29.8 Å². The van der Waals surface area contributed by atoms with E-state index in [1.165, 1.54) is 5.56 Å². The molecule has 1 aromatic heterocycles. The molecule has 2 aromatic carbocycles. The summed E-state index contributed by atoms with van der Waals surface area (Å²) in [7, 11) is 1.96. The first-order valence-electron chi connectivity index (χ1n) is 7.86. The van der Waals surface area contributed by atoms with Gasteiger partial charge in [-0.3, -0.25) is 4.79 Å². The summed E-state index contributed by atoms with van der Waals surface area (Å²) in [5.74, 6) is -0.194. The molecular weight excluding hydrogens is 336 g/mol. The molecule has 0 saturated heterocycles. The van der Waals surface area contributed by atoms with Gasteiger partial charge in [-0.2, -0.15) is 4.99 Å². The highest BCUT2D eigenvalue weighted by Gasteiger charge is 2.09. The number of aromatic nitrogens is 1. The predicted molar refractivity (Wildman–Crippen MR) is 103 cm³/mol. The maximum Gasteiger partial charge on any atom is 0.279 e. The van der Waals surface area contributed by atoms with Crippen molar-refractivity contribution in [3.63, 3.8) is 0 Å². The highest BCUT2D eigenvalue weighted by Crippen LogP contribution is 2.24. The quantitative estimate of drug-likeness (QED) is 0.632. The van der Waals surface area contributed by atoms with Crippen LogP contribution in [0.2, 0.25) is 0 Å². The lowest BCUT2D eigenvalue weighted by Crippen LogP contribution is -2.13. The number of thiazole rings is 1. The summed E-state index contributed by atoms with van der Waals surface area (Å²) in [6, 6.07) is 13.9. The summed E-state index contributed by atoms with van der Waals surface area (Å²) in [4.78, 5) is 18.8. The third kappa shape index (κ3) is 3.47. The summed E-state index contributed by atoms with van der Waals surface area (Å²) in [5, 5.41) is 0.482. The zero-order valence-electron chi connectivity index (χ0n) is 14.2. The molecule has 3 aromatic rings. The lowest BCUT2D eigenvalue weighted by molar-refractivity contribution is 0.0997. The van der Waals surface area contributed by atoms with Gasteiger partial charge in [0.15, 0.2) is 4.80 Å². The molecule has 24 heavy (non-hydrogen) atoms. The molecule has 3 nitrogen and oxygen atoms in total. The molecular formula is C19H20N2OS2. The molecule has 0 radical (unpaired) electrons. The van der Waals surface area contributed by atoms with E-state index in [9.17, 15) is 4.79 Å². The molecule has 1 amide bonds. The van der Waals surface area contributed by atoms with Gasteiger partial charge in [0.2, 0.25) is 0 Å². The van der Waals surface area contributed by atoms with Crippen LogP contribution in [0.4, 0.5) is 0 Å². The lowest BCUT2D eigenvalue weighted by atomic mass is 10.2. The van der Waals surface area contributed by atoms with Crippen molar-refractivity contribution in [2.75, 3.05) is 0 Å². The van der Waals surface area contributed by atoms with Crippen molar-refractivity contribution in [2.24, 2.45) is 12.0 Å². The van der Waals surface area contributed by atoms with E-state index in [-0.39, 0.29) is 5.91 Å². The first kappa shape index (κ1) is 17.0. The minimum absolute atomic E-state index is 0.194. The minimum Gasteiger partial charge on any atom is -0.319 e. The summed E-state index contributed by atoms with van der Waals surface area (Å²) >= 11 is 3.29. The second-order valence-corrected chi connectivity index (χ2v) is 8.64. The maximum atomic E-state index is 12.6. The highest BCUT2D eigenvalue weighted by molar-refractivity contribution is 7.99. The molecule has 3 rings (SSSR count). The third-order valence-corrected chi connectivity index (χ3v) is 5.77. The average Bonchev–Trinajstić information content (AvgIpc) is 2.84. The number of aryl methyl sites for hydroxylation is 2. The number of para-hydroxylation sites is 1. The van der Waals surface area contributed by atoms with Crippen molar-refractivity contribution in [3.8, 4) is 0 Å². The molecule has 0 aliphatic rings. The molecule has 0 atom stereocenters. The third-order valence-electron chi connectivity index (χ3n) is 3.67. The molecule has 0 saturated carbocycles. The van der Waals surface area contributed by atoms with Crippen molar-refractivity contribution in [2.45, 2.75) is 30.9 Å². The zero-order chi connectivity index (χ0) is 17.3. The van der Waals surface area contributed by atoms with Crippen LogP contribution in [0.3, 0.4) is 0 Å². The van der Waals surface area contributed by atoms with Gasteiger partial charge in [-0.15, -0.1) is 11.8 Å². The fraction of sp³-hybridized carbons (Fsp3) is 0.263. The molecule has 5 heteroatoms. The van der Waals surface area contributed by atoms with Gasteiger partial charge in [-0.25, -0.2) is 0 Å². The summed E-state index contributed by atoms with van der Waals surface area (Å²) in [6.07, 6.45) is 0. The predicted octanol–water partition coefficient (Wildman–Crippen LogP) is 4.79. The number of thioether (sulfide) groups is 1. The monoisotopic (exact) mass is 356 g/mol. The average molecular weight is 357 g/mol. The Morgan fingerprint density at radius 2 is 1.96 bits per heavy atom. The van der Waals surface area contributed by atoms with Gasteiger partial charge in [0.05, 0.1) is 10.2 Å². The number of carbonyl (C=O) groups excluding carboxylic acids is 1. The van der Waals surface area contributed by atoms with Gasteiger partial charge in [-0.05, 0) is 36.8 Å². The number of hydrogen-bond donors (Lipinski definition) is 0. The van der Waals surface area contributed by atoms with Gasteiger partial charge < -0.3 is 4.57 Å². The Morgan fingerprint density at radius 3 is 2.67 bits per heavy atom. The van der Waals surface area contributed by atoms with Crippen LogP contribution in [0.15, 0.2) is 52.4 Å². The second kappa shape index (κ2) is 6.95. The molecule has 124 valence electrons. The van der Waals surface area contributed by atoms with Crippen molar-refractivity contribution in [1.29, 1.82) is 0 Å². The van der Waals surface area contributed by atoms with Gasteiger partial charge in [-0.1, -0.05) is 43.4 Å². The molecule has 1 heterocycles. The van der Waals surface area contributed by atoms with E-state index >= 15 is 0 Å². The molecule has 0 N–H and O–H groups in total. The summed E-state index contributed by atoms with van der Waals surface area (Å²) in [6.45, 7) is 6.36. The van der Waals surface area contributed by atoms with Crippen LogP contribution in [0.25, 0.3) is 10.2 Å². The maximum absolute atomic E-state index is 12.6.